The standard InChI is InChI=1S/C27H27Cl2F3N2O3/c1-14-9-16(27(30,31)32)10-23-20(14)11-17(33(23)3)12-21-22(28)6-5-19(24(21)29)25(35)34-8-7-18(15(2)13-34)26(36)37-4/h5-6,9-11,15,18H,7-8,12-13H2,1-4H3. The first-order chi connectivity index (χ1) is 17.3. The maximum atomic E-state index is 13.4. The molecule has 0 saturated carbocycles. The van der Waals surface area contributed by atoms with Crippen molar-refractivity contribution in [3.05, 3.63) is 68.3 Å². The third kappa shape index (κ3) is 5.18. The molecule has 5 nitrogen and oxygen atoms in total. The number of carbonyl (C=O) groups excluding carboxylic acids is 2. The molecule has 1 aromatic heterocycles. The highest BCUT2D eigenvalue weighted by atomic mass is 35.5. The Morgan fingerprint density at radius 2 is 1.86 bits per heavy atom. The van der Waals surface area contributed by atoms with Crippen LogP contribution in [0.15, 0.2) is 30.3 Å². The number of likely N-dealkylation sites (tertiary alicyclic amines) is 1. The number of esters is 1. The summed E-state index contributed by atoms with van der Waals surface area (Å²) in [5, 5.41) is 1.27. The van der Waals surface area contributed by atoms with E-state index < -0.39 is 11.7 Å². The van der Waals surface area contributed by atoms with Crippen molar-refractivity contribution in [1.29, 1.82) is 0 Å². The van der Waals surface area contributed by atoms with Gasteiger partial charge >= 0.3 is 12.1 Å². The number of hydrogen-bond donors (Lipinski definition) is 0. The SMILES string of the molecule is COC(=O)C1CCN(C(=O)c2ccc(Cl)c(Cc3cc4c(C)cc(C(F)(F)F)cc4n3C)c2Cl)CC1C. The van der Waals surface area contributed by atoms with E-state index in [1.165, 1.54) is 7.11 Å². The second-order valence-corrected chi connectivity index (χ2v) is 10.4. The fourth-order valence-electron chi connectivity index (χ4n) is 5.10. The van der Waals surface area contributed by atoms with Gasteiger partial charge in [-0.3, -0.25) is 9.59 Å². The van der Waals surface area contributed by atoms with Crippen molar-refractivity contribution in [3.8, 4) is 0 Å². The number of aryl methyl sites for hydroxylation is 2. The average Bonchev–Trinajstić information content (AvgIpc) is 3.16. The predicted molar refractivity (Wildman–Crippen MR) is 137 cm³/mol. The van der Waals surface area contributed by atoms with E-state index >= 15 is 0 Å². The zero-order chi connectivity index (χ0) is 27.2. The number of aromatic nitrogens is 1. The number of fused-ring (bicyclic) bond motifs is 1. The van der Waals surface area contributed by atoms with Crippen molar-refractivity contribution >= 4 is 46.0 Å². The van der Waals surface area contributed by atoms with Crippen LogP contribution in [0.25, 0.3) is 10.9 Å². The van der Waals surface area contributed by atoms with Crippen molar-refractivity contribution in [2.75, 3.05) is 20.2 Å². The van der Waals surface area contributed by atoms with Gasteiger partial charge in [0.25, 0.3) is 5.91 Å². The van der Waals surface area contributed by atoms with Gasteiger partial charge in [-0.15, -0.1) is 0 Å². The molecule has 2 atom stereocenters. The molecule has 0 radical (unpaired) electrons. The van der Waals surface area contributed by atoms with Gasteiger partial charge < -0.3 is 14.2 Å². The third-order valence-corrected chi connectivity index (χ3v) is 8.05. The molecule has 1 fully saturated rings. The van der Waals surface area contributed by atoms with E-state index in [4.69, 9.17) is 27.9 Å². The van der Waals surface area contributed by atoms with Gasteiger partial charge in [-0.05, 0) is 60.7 Å². The van der Waals surface area contributed by atoms with Crippen molar-refractivity contribution in [2.24, 2.45) is 18.9 Å². The van der Waals surface area contributed by atoms with Gasteiger partial charge in [0.1, 0.15) is 0 Å². The van der Waals surface area contributed by atoms with Gasteiger partial charge in [-0.2, -0.15) is 13.2 Å². The molecule has 37 heavy (non-hydrogen) atoms. The van der Waals surface area contributed by atoms with Crippen molar-refractivity contribution in [1.82, 2.24) is 9.47 Å². The smallest absolute Gasteiger partial charge is 0.416 e. The van der Waals surface area contributed by atoms with Crippen LogP contribution < -0.4 is 0 Å². The number of piperidine rings is 1. The summed E-state index contributed by atoms with van der Waals surface area (Å²) in [6.07, 6.45) is -3.73. The highest BCUT2D eigenvalue weighted by molar-refractivity contribution is 6.38. The van der Waals surface area contributed by atoms with E-state index in [2.05, 4.69) is 0 Å². The Labute approximate surface area is 223 Å². The number of benzene rings is 2. The van der Waals surface area contributed by atoms with Crippen LogP contribution in [-0.2, 0) is 29.2 Å². The van der Waals surface area contributed by atoms with E-state index in [0.29, 0.717) is 57.8 Å². The number of halogens is 5. The molecular weight excluding hydrogens is 528 g/mol. The Morgan fingerprint density at radius 3 is 2.49 bits per heavy atom. The highest BCUT2D eigenvalue weighted by Crippen LogP contribution is 2.37. The van der Waals surface area contributed by atoms with Gasteiger partial charge in [0.2, 0.25) is 0 Å². The maximum absolute atomic E-state index is 13.4. The van der Waals surface area contributed by atoms with Crippen LogP contribution in [0.5, 0.6) is 0 Å². The van der Waals surface area contributed by atoms with E-state index in [1.807, 2.05) is 13.0 Å². The Kier molecular flexibility index (Phi) is 7.55. The van der Waals surface area contributed by atoms with Crippen LogP contribution in [0.4, 0.5) is 13.2 Å². The van der Waals surface area contributed by atoms with Crippen molar-refractivity contribution < 1.29 is 27.5 Å². The molecule has 2 heterocycles. The van der Waals surface area contributed by atoms with E-state index in [1.54, 1.807) is 35.6 Å². The average molecular weight is 555 g/mol. The molecule has 0 N–H and O–H groups in total. The summed E-state index contributed by atoms with van der Waals surface area (Å²) in [4.78, 5) is 27.0. The number of nitrogens with zero attached hydrogens (tertiary/aromatic N) is 2. The lowest BCUT2D eigenvalue weighted by molar-refractivity contribution is -0.148. The molecule has 0 spiro atoms. The lowest BCUT2D eigenvalue weighted by Gasteiger charge is -2.35. The minimum atomic E-state index is -4.45. The van der Waals surface area contributed by atoms with Crippen LogP contribution in [0, 0.1) is 18.8 Å². The molecule has 198 valence electrons. The second kappa shape index (κ2) is 10.2. The molecule has 3 aromatic rings. The summed E-state index contributed by atoms with van der Waals surface area (Å²) in [5.74, 6) is -0.880. The van der Waals surface area contributed by atoms with Crippen LogP contribution in [0.1, 0.15) is 46.1 Å². The van der Waals surface area contributed by atoms with Crippen LogP contribution >= 0.6 is 23.2 Å². The molecule has 1 saturated heterocycles. The van der Waals surface area contributed by atoms with Crippen LogP contribution in [0.3, 0.4) is 0 Å². The number of hydrogen-bond acceptors (Lipinski definition) is 3. The molecule has 2 unspecified atom stereocenters. The molecule has 0 aliphatic carbocycles. The molecule has 1 aliphatic heterocycles. The first-order valence-corrected chi connectivity index (χ1v) is 12.6. The summed E-state index contributed by atoms with van der Waals surface area (Å²) in [6.45, 7) is 4.32. The largest absolute Gasteiger partial charge is 0.469 e. The Bertz CT molecular complexity index is 1380. The molecule has 1 amide bonds. The fraction of sp³-hybridized carbons (Fsp3) is 0.407. The summed E-state index contributed by atoms with van der Waals surface area (Å²) >= 11 is 13.2. The fourth-order valence-corrected chi connectivity index (χ4v) is 5.69. The van der Waals surface area contributed by atoms with Crippen molar-refractivity contribution in [3.63, 3.8) is 0 Å². The van der Waals surface area contributed by atoms with E-state index in [-0.39, 0.29) is 35.2 Å². The molecule has 10 heteroatoms. The topological polar surface area (TPSA) is 51.5 Å². The van der Waals surface area contributed by atoms with E-state index in [0.717, 1.165) is 12.1 Å². The molecule has 0 bridgehead atoms. The highest BCUT2D eigenvalue weighted by Gasteiger charge is 2.35. The number of amides is 1. The zero-order valence-corrected chi connectivity index (χ0v) is 22.4. The summed E-state index contributed by atoms with van der Waals surface area (Å²) in [6, 6.07) is 7.28. The third-order valence-electron chi connectivity index (χ3n) is 7.27. The monoisotopic (exact) mass is 554 g/mol. The minimum Gasteiger partial charge on any atom is -0.469 e. The Morgan fingerprint density at radius 1 is 1.16 bits per heavy atom. The Hall–Kier alpha value is -2.71. The Balaban J connectivity index is 1.65. The molecule has 1 aliphatic rings. The van der Waals surface area contributed by atoms with Gasteiger partial charge in [0.05, 0.1) is 29.2 Å². The van der Waals surface area contributed by atoms with Crippen molar-refractivity contribution in [2.45, 2.75) is 32.9 Å². The number of carbonyl (C=O) groups is 2. The molecular formula is C27H27Cl2F3N2O3. The van der Waals surface area contributed by atoms with Gasteiger partial charge in [-0.1, -0.05) is 30.1 Å². The van der Waals surface area contributed by atoms with Gasteiger partial charge in [0.15, 0.2) is 0 Å². The predicted octanol–water partition coefficient (Wildman–Crippen LogP) is 6.67. The maximum Gasteiger partial charge on any atom is 0.416 e. The first-order valence-electron chi connectivity index (χ1n) is 11.8. The summed E-state index contributed by atoms with van der Waals surface area (Å²) in [5.41, 5.74) is 1.77. The van der Waals surface area contributed by atoms with Crippen LogP contribution in [-0.4, -0.2) is 41.5 Å². The normalized spacial score (nSPS) is 18.4. The quantitative estimate of drug-likeness (QED) is 0.338. The lowest BCUT2D eigenvalue weighted by Crippen LogP contribution is -2.45. The number of ether oxygens (including phenoxy) is 1. The van der Waals surface area contributed by atoms with E-state index in [9.17, 15) is 22.8 Å². The lowest BCUT2D eigenvalue weighted by atomic mass is 9.86. The second-order valence-electron chi connectivity index (χ2n) is 9.63. The molecule has 2 aromatic carbocycles. The van der Waals surface area contributed by atoms with Gasteiger partial charge in [0, 0.05) is 48.2 Å². The van der Waals surface area contributed by atoms with Crippen LogP contribution in [0.2, 0.25) is 10.0 Å². The number of rotatable bonds is 4. The number of alkyl halides is 3. The first kappa shape index (κ1) is 27.3. The molecule has 4 rings (SSSR count). The minimum absolute atomic E-state index is 0.0728. The zero-order valence-electron chi connectivity index (χ0n) is 20.9. The number of methoxy groups -OCH3 is 1. The summed E-state index contributed by atoms with van der Waals surface area (Å²) < 4.78 is 46.6. The summed E-state index contributed by atoms with van der Waals surface area (Å²) in [7, 11) is 3.05. The van der Waals surface area contributed by atoms with Gasteiger partial charge in [-0.25, -0.2) is 0 Å².